The maximum atomic E-state index is 14.1. The molecule has 10 heteroatoms. The van der Waals surface area contributed by atoms with Gasteiger partial charge in [-0.1, -0.05) is 67.9 Å². The number of sulfonamides is 1. The number of nitrogens with one attached hydrogen (secondary N) is 1. The van der Waals surface area contributed by atoms with Crippen molar-refractivity contribution in [1.29, 1.82) is 0 Å². The van der Waals surface area contributed by atoms with Crippen molar-refractivity contribution in [2.75, 3.05) is 30.8 Å². The van der Waals surface area contributed by atoms with Crippen LogP contribution in [-0.2, 0) is 32.6 Å². The molecular formula is C30H36ClN3O5S. The van der Waals surface area contributed by atoms with E-state index in [1.54, 1.807) is 49.6 Å². The first kappa shape index (κ1) is 31.0. The van der Waals surface area contributed by atoms with Gasteiger partial charge in [0.15, 0.2) is 0 Å². The summed E-state index contributed by atoms with van der Waals surface area (Å²) in [6, 6.07) is 21.9. The largest absolute Gasteiger partial charge is 0.497 e. The van der Waals surface area contributed by atoms with E-state index in [4.69, 9.17) is 16.3 Å². The summed E-state index contributed by atoms with van der Waals surface area (Å²) in [5.41, 5.74) is 1.90. The van der Waals surface area contributed by atoms with Crippen LogP contribution in [0.4, 0.5) is 5.69 Å². The molecule has 0 aromatic heterocycles. The fourth-order valence-electron chi connectivity index (χ4n) is 4.17. The lowest BCUT2D eigenvalue weighted by atomic mass is 10.0. The third-order valence-corrected chi connectivity index (χ3v) is 7.63. The highest BCUT2D eigenvalue weighted by Crippen LogP contribution is 2.23. The quantitative estimate of drug-likeness (QED) is 0.318. The molecule has 1 N–H and O–H groups in total. The number of carbonyl (C=O) groups excluding carboxylic acids is 2. The molecule has 0 bridgehead atoms. The van der Waals surface area contributed by atoms with Gasteiger partial charge in [-0.3, -0.25) is 13.9 Å². The Labute approximate surface area is 241 Å². The molecule has 3 aromatic rings. The lowest BCUT2D eigenvalue weighted by Crippen LogP contribution is -2.53. The average molecular weight is 586 g/mol. The maximum Gasteiger partial charge on any atom is 0.244 e. The highest BCUT2D eigenvalue weighted by molar-refractivity contribution is 7.92. The summed E-state index contributed by atoms with van der Waals surface area (Å²) in [5, 5.41) is 3.40. The van der Waals surface area contributed by atoms with Crippen molar-refractivity contribution < 1.29 is 22.7 Å². The van der Waals surface area contributed by atoms with Crippen molar-refractivity contribution in [2.24, 2.45) is 5.92 Å². The number of hydrogen-bond acceptors (Lipinski definition) is 5. The molecule has 40 heavy (non-hydrogen) atoms. The van der Waals surface area contributed by atoms with E-state index in [1.807, 2.05) is 50.2 Å². The number of hydrogen-bond donors (Lipinski definition) is 1. The van der Waals surface area contributed by atoms with Crippen LogP contribution in [-0.4, -0.2) is 57.6 Å². The molecule has 3 rings (SSSR count). The molecule has 2 amide bonds. The van der Waals surface area contributed by atoms with Gasteiger partial charge in [0.1, 0.15) is 18.3 Å². The minimum Gasteiger partial charge on any atom is -0.497 e. The number of halogens is 1. The number of carbonyl (C=O) groups is 2. The SMILES string of the molecule is COc1cccc(CN(C(=O)CN(c2ccc(Cl)cc2)S(C)(=O)=O)[C@@H](Cc2ccccc2)C(=O)NCC(C)C)c1. The predicted molar refractivity (Wildman–Crippen MR) is 159 cm³/mol. The number of rotatable bonds is 13. The summed E-state index contributed by atoms with van der Waals surface area (Å²) in [5.74, 6) is -0.0304. The minimum atomic E-state index is -3.85. The molecule has 214 valence electrons. The van der Waals surface area contributed by atoms with E-state index >= 15 is 0 Å². The maximum absolute atomic E-state index is 14.1. The fourth-order valence-corrected chi connectivity index (χ4v) is 5.14. The van der Waals surface area contributed by atoms with Crippen molar-refractivity contribution in [2.45, 2.75) is 32.9 Å². The molecule has 3 aromatic carbocycles. The number of anilines is 1. The van der Waals surface area contributed by atoms with Crippen LogP contribution < -0.4 is 14.4 Å². The Hall–Kier alpha value is -3.56. The van der Waals surface area contributed by atoms with Gasteiger partial charge in [-0.2, -0.15) is 0 Å². The second-order valence-corrected chi connectivity index (χ2v) is 12.3. The van der Waals surface area contributed by atoms with Gasteiger partial charge in [0, 0.05) is 24.5 Å². The smallest absolute Gasteiger partial charge is 0.244 e. The molecule has 0 saturated heterocycles. The van der Waals surface area contributed by atoms with E-state index < -0.39 is 28.5 Å². The topological polar surface area (TPSA) is 96.0 Å². The van der Waals surface area contributed by atoms with Crippen molar-refractivity contribution in [3.05, 3.63) is 95.0 Å². The van der Waals surface area contributed by atoms with E-state index in [0.717, 1.165) is 21.7 Å². The molecule has 0 unspecified atom stereocenters. The van der Waals surface area contributed by atoms with Crippen LogP contribution >= 0.6 is 11.6 Å². The zero-order valence-corrected chi connectivity index (χ0v) is 24.8. The molecule has 0 spiro atoms. The normalized spacial score (nSPS) is 12.1. The average Bonchev–Trinajstić information content (AvgIpc) is 2.92. The Morgan fingerprint density at radius 1 is 0.950 bits per heavy atom. The summed E-state index contributed by atoms with van der Waals surface area (Å²) in [4.78, 5) is 29.1. The standard InChI is InChI=1S/C30H36ClN3O5S/c1-22(2)19-32-30(36)28(18-23-9-6-5-7-10-23)33(20-24-11-8-12-27(17-24)39-3)29(35)21-34(40(4,37)38)26-15-13-25(31)14-16-26/h5-17,22,28H,18-21H2,1-4H3,(H,32,36)/t28-/m0/s1. The van der Waals surface area contributed by atoms with Crippen LogP contribution in [0.1, 0.15) is 25.0 Å². The first-order valence-electron chi connectivity index (χ1n) is 12.9. The first-order chi connectivity index (χ1) is 19.0. The van der Waals surface area contributed by atoms with Gasteiger partial charge in [-0.05, 0) is 53.4 Å². The van der Waals surface area contributed by atoms with E-state index in [1.165, 1.54) is 4.90 Å². The second kappa shape index (κ2) is 14.2. The number of ether oxygens (including phenoxy) is 1. The molecule has 0 fully saturated rings. The Bertz CT molecular complexity index is 1380. The Balaban J connectivity index is 2.05. The number of nitrogens with zero attached hydrogens (tertiary/aromatic N) is 2. The first-order valence-corrected chi connectivity index (χ1v) is 15.2. The molecular weight excluding hydrogens is 550 g/mol. The van der Waals surface area contributed by atoms with Crippen molar-refractivity contribution in [3.8, 4) is 5.75 Å². The number of amides is 2. The molecule has 0 heterocycles. The lowest BCUT2D eigenvalue weighted by Gasteiger charge is -2.33. The summed E-state index contributed by atoms with van der Waals surface area (Å²) in [7, 11) is -2.30. The zero-order chi connectivity index (χ0) is 29.3. The fraction of sp³-hybridized carbons (Fsp3) is 0.333. The van der Waals surface area contributed by atoms with Gasteiger partial charge in [-0.25, -0.2) is 8.42 Å². The minimum absolute atomic E-state index is 0.0703. The molecule has 0 saturated carbocycles. The van der Waals surface area contributed by atoms with Gasteiger partial charge in [-0.15, -0.1) is 0 Å². The zero-order valence-electron chi connectivity index (χ0n) is 23.2. The molecule has 0 aliphatic rings. The van der Waals surface area contributed by atoms with Gasteiger partial charge in [0.2, 0.25) is 21.8 Å². The number of methoxy groups -OCH3 is 1. The summed E-state index contributed by atoms with van der Waals surface area (Å²) < 4.78 is 32.0. The van der Waals surface area contributed by atoms with Crippen LogP contribution in [0.5, 0.6) is 5.75 Å². The Morgan fingerprint density at radius 2 is 1.60 bits per heavy atom. The summed E-state index contributed by atoms with van der Waals surface area (Å²) >= 11 is 6.01. The monoisotopic (exact) mass is 585 g/mol. The Kier molecular flexibility index (Phi) is 11.0. The van der Waals surface area contributed by atoms with Crippen LogP contribution in [0.3, 0.4) is 0 Å². The van der Waals surface area contributed by atoms with E-state index in [0.29, 0.717) is 23.0 Å². The van der Waals surface area contributed by atoms with Crippen molar-refractivity contribution in [3.63, 3.8) is 0 Å². The molecule has 0 aliphatic carbocycles. The van der Waals surface area contributed by atoms with E-state index in [2.05, 4.69) is 5.32 Å². The van der Waals surface area contributed by atoms with Crippen LogP contribution in [0.25, 0.3) is 0 Å². The van der Waals surface area contributed by atoms with Gasteiger partial charge >= 0.3 is 0 Å². The van der Waals surface area contributed by atoms with Crippen LogP contribution in [0, 0.1) is 5.92 Å². The van der Waals surface area contributed by atoms with E-state index in [9.17, 15) is 18.0 Å². The summed E-state index contributed by atoms with van der Waals surface area (Å²) in [6.45, 7) is 3.99. The van der Waals surface area contributed by atoms with Gasteiger partial charge < -0.3 is 15.0 Å². The third kappa shape index (κ3) is 8.99. The molecule has 0 radical (unpaired) electrons. The van der Waals surface area contributed by atoms with Crippen LogP contribution in [0.2, 0.25) is 5.02 Å². The lowest BCUT2D eigenvalue weighted by molar-refractivity contribution is -0.140. The molecule has 8 nitrogen and oxygen atoms in total. The van der Waals surface area contributed by atoms with Gasteiger partial charge in [0.05, 0.1) is 19.1 Å². The second-order valence-electron chi connectivity index (χ2n) is 9.96. The number of benzene rings is 3. The third-order valence-electron chi connectivity index (χ3n) is 6.24. The molecule has 0 aliphatic heterocycles. The van der Waals surface area contributed by atoms with Crippen molar-refractivity contribution >= 4 is 39.1 Å². The predicted octanol–water partition coefficient (Wildman–Crippen LogP) is 4.53. The van der Waals surface area contributed by atoms with Crippen LogP contribution in [0.15, 0.2) is 78.9 Å². The van der Waals surface area contributed by atoms with Crippen molar-refractivity contribution in [1.82, 2.24) is 10.2 Å². The summed E-state index contributed by atoms with van der Waals surface area (Å²) in [6.07, 6.45) is 1.29. The highest BCUT2D eigenvalue weighted by Gasteiger charge is 2.33. The Morgan fingerprint density at radius 3 is 2.20 bits per heavy atom. The molecule has 1 atom stereocenters. The highest BCUT2D eigenvalue weighted by atomic mass is 35.5. The van der Waals surface area contributed by atoms with Gasteiger partial charge in [0.25, 0.3) is 0 Å². The van der Waals surface area contributed by atoms with E-state index in [-0.39, 0.29) is 24.8 Å².